The number of benzene rings is 1. The molecule has 0 unspecified atom stereocenters. The van der Waals surface area contributed by atoms with E-state index in [4.69, 9.17) is 26.8 Å². The van der Waals surface area contributed by atoms with Crippen LogP contribution >= 0.6 is 11.6 Å². The first-order chi connectivity index (χ1) is 13.3. The molecule has 1 heterocycles. The fraction of sp³-hybridized carbons (Fsp3) is 0.429. The van der Waals surface area contributed by atoms with Crippen molar-refractivity contribution < 1.29 is 14.3 Å². The van der Waals surface area contributed by atoms with E-state index in [1.165, 1.54) is 0 Å². The highest BCUT2D eigenvalue weighted by Gasteiger charge is 2.23. The van der Waals surface area contributed by atoms with Crippen molar-refractivity contribution >= 4 is 23.2 Å². The second-order valence-corrected chi connectivity index (χ2v) is 7.12. The monoisotopic (exact) mass is 405 g/mol. The first-order valence-corrected chi connectivity index (χ1v) is 9.74. The van der Waals surface area contributed by atoms with E-state index in [9.17, 15) is 4.79 Å². The van der Waals surface area contributed by atoms with Gasteiger partial charge in [-0.05, 0) is 63.4 Å². The molecule has 2 rings (SSSR count). The Morgan fingerprint density at radius 3 is 2.36 bits per heavy atom. The fourth-order valence-electron chi connectivity index (χ4n) is 3.06. The SMILES string of the molecule is CCCN(COCC)c1cc(C)nc(Oc2c(C)cc(Cl)cc2C)c1C(N)=O. The molecule has 7 heteroatoms. The molecule has 0 saturated heterocycles. The van der Waals surface area contributed by atoms with Crippen molar-refractivity contribution in [2.24, 2.45) is 5.73 Å². The largest absolute Gasteiger partial charge is 0.438 e. The van der Waals surface area contributed by atoms with Gasteiger partial charge in [0, 0.05) is 23.9 Å². The predicted octanol–water partition coefficient (Wildman–Crippen LogP) is 4.76. The Balaban J connectivity index is 2.59. The maximum absolute atomic E-state index is 12.4. The Morgan fingerprint density at radius 2 is 1.82 bits per heavy atom. The number of primary amides is 1. The van der Waals surface area contributed by atoms with Gasteiger partial charge in [0.15, 0.2) is 0 Å². The number of hydrogen-bond acceptors (Lipinski definition) is 5. The van der Waals surface area contributed by atoms with E-state index in [0.29, 0.717) is 36.3 Å². The maximum atomic E-state index is 12.4. The van der Waals surface area contributed by atoms with E-state index in [1.807, 2.05) is 50.8 Å². The van der Waals surface area contributed by atoms with Crippen molar-refractivity contribution in [3.05, 3.63) is 45.6 Å². The number of aryl methyl sites for hydroxylation is 3. The third-order valence-corrected chi connectivity index (χ3v) is 4.47. The van der Waals surface area contributed by atoms with Gasteiger partial charge >= 0.3 is 0 Å². The van der Waals surface area contributed by atoms with Gasteiger partial charge in [0.2, 0.25) is 5.88 Å². The second kappa shape index (κ2) is 9.75. The molecule has 0 aliphatic rings. The van der Waals surface area contributed by atoms with Crippen molar-refractivity contribution in [1.29, 1.82) is 0 Å². The lowest BCUT2D eigenvalue weighted by atomic mass is 10.1. The zero-order chi connectivity index (χ0) is 20.8. The molecule has 0 bridgehead atoms. The van der Waals surface area contributed by atoms with Crippen LogP contribution in [0, 0.1) is 20.8 Å². The van der Waals surface area contributed by atoms with Crippen LogP contribution in [0.15, 0.2) is 18.2 Å². The summed E-state index contributed by atoms with van der Waals surface area (Å²) in [6, 6.07) is 5.45. The Labute approximate surface area is 171 Å². The molecule has 152 valence electrons. The molecule has 0 aliphatic heterocycles. The molecule has 1 aromatic carbocycles. The number of aromatic nitrogens is 1. The van der Waals surface area contributed by atoms with E-state index in [2.05, 4.69) is 11.9 Å². The van der Waals surface area contributed by atoms with Crippen LogP contribution in [-0.4, -0.2) is 30.8 Å². The topological polar surface area (TPSA) is 77.7 Å². The molecular weight excluding hydrogens is 378 g/mol. The number of rotatable bonds is 9. The Hall–Kier alpha value is -2.31. The van der Waals surface area contributed by atoms with Gasteiger partial charge in [0.05, 0.1) is 5.69 Å². The quantitative estimate of drug-likeness (QED) is 0.608. The van der Waals surface area contributed by atoms with Crippen LogP contribution in [0.5, 0.6) is 11.6 Å². The zero-order valence-electron chi connectivity index (χ0n) is 17.1. The number of hydrogen-bond donors (Lipinski definition) is 1. The highest BCUT2D eigenvalue weighted by molar-refractivity contribution is 6.30. The minimum absolute atomic E-state index is 0.189. The Bertz CT molecular complexity index is 832. The third-order valence-electron chi connectivity index (χ3n) is 4.25. The molecule has 0 atom stereocenters. The lowest BCUT2D eigenvalue weighted by Crippen LogP contribution is -2.30. The molecule has 2 aromatic rings. The van der Waals surface area contributed by atoms with Crippen LogP contribution in [-0.2, 0) is 4.74 Å². The molecule has 0 saturated carbocycles. The first kappa shape index (κ1) is 22.0. The predicted molar refractivity (Wildman–Crippen MR) is 113 cm³/mol. The van der Waals surface area contributed by atoms with Crippen LogP contribution in [0.1, 0.15) is 47.4 Å². The average Bonchev–Trinajstić information content (AvgIpc) is 2.60. The summed E-state index contributed by atoms with van der Waals surface area (Å²) in [7, 11) is 0. The van der Waals surface area contributed by atoms with Gasteiger partial charge in [-0.15, -0.1) is 0 Å². The Morgan fingerprint density at radius 1 is 1.18 bits per heavy atom. The van der Waals surface area contributed by atoms with E-state index in [-0.39, 0.29) is 11.4 Å². The van der Waals surface area contributed by atoms with E-state index in [0.717, 1.165) is 23.2 Å². The fourth-order valence-corrected chi connectivity index (χ4v) is 3.39. The average molecular weight is 406 g/mol. The number of anilines is 1. The van der Waals surface area contributed by atoms with Crippen molar-refractivity contribution in [2.45, 2.75) is 41.0 Å². The molecule has 0 spiro atoms. The van der Waals surface area contributed by atoms with Crippen molar-refractivity contribution in [2.75, 3.05) is 24.8 Å². The van der Waals surface area contributed by atoms with Gasteiger partial charge < -0.3 is 20.1 Å². The van der Waals surface area contributed by atoms with Crippen LogP contribution in [0.4, 0.5) is 5.69 Å². The van der Waals surface area contributed by atoms with Crippen LogP contribution in [0.2, 0.25) is 5.02 Å². The van der Waals surface area contributed by atoms with Gasteiger partial charge in [0.25, 0.3) is 5.91 Å². The summed E-state index contributed by atoms with van der Waals surface area (Å²) in [5, 5.41) is 0.626. The van der Waals surface area contributed by atoms with Gasteiger partial charge in [-0.25, -0.2) is 4.98 Å². The highest BCUT2D eigenvalue weighted by Crippen LogP contribution is 2.35. The minimum Gasteiger partial charge on any atom is -0.438 e. The third kappa shape index (κ3) is 5.14. The summed E-state index contributed by atoms with van der Waals surface area (Å²) >= 11 is 6.12. The molecule has 6 nitrogen and oxygen atoms in total. The van der Waals surface area contributed by atoms with E-state index >= 15 is 0 Å². The number of nitrogens with zero attached hydrogens (tertiary/aromatic N) is 2. The molecule has 1 amide bonds. The number of halogens is 1. The lowest BCUT2D eigenvalue weighted by molar-refractivity contribution is 0.0997. The van der Waals surface area contributed by atoms with Crippen LogP contribution in [0.25, 0.3) is 0 Å². The summed E-state index contributed by atoms with van der Waals surface area (Å²) in [4.78, 5) is 18.8. The van der Waals surface area contributed by atoms with Crippen LogP contribution < -0.4 is 15.4 Å². The molecule has 1 aromatic heterocycles. The lowest BCUT2D eigenvalue weighted by Gasteiger charge is -2.27. The Kier molecular flexibility index (Phi) is 7.66. The van der Waals surface area contributed by atoms with Crippen molar-refractivity contribution in [3.8, 4) is 11.6 Å². The van der Waals surface area contributed by atoms with Crippen molar-refractivity contribution in [1.82, 2.24) is 4.98 Å². The summed E-state index contributed by atoms with van der Waals surface area (Å²) in [5.74, 6) is 0.204. The van der Waals surface area contributed by atoms with Gasteiger partial charge in [-0.2, -0.15) is 0 Å². The zero-order valence-corrected chi connectivity index (χ0v) is 17.9. The molecule has 0 fully saturated rings. The number of ether oxygens (including phenoxy) is 2. The van der Waals surface area contributed by atoms with Crippen molar-refractivity contribution in [3.63, 3.8) is 0 Å². The number of carbonyl (C=O) groups is 1. The van der Waals surface area contributed by atoms with Crippen LogP contribution in [0.3, 0.4) is 0 Å². The normalized spacial score (nSPS) is 10.8. The number of carbonyl (C=O) groups excluding carboxylic acids is 1. The summed E-state index contributed by atoms with van der Waals surface area (Å²) in [6.07, 6.45) is 0.887. The molecule has 0 aliphatic carbocycles. The first-order valence-electron chi connectivity index (χ1n) is 9.37. The number of pyridine rings is 1. The van der Waals surface area contributed by atoms with E-state index < -0.39 is 5.91 Å². The van der Waals surface area contributed by atoms with Gasteiger partial charge in [0.1, 0.15) is 18.0 Å². The van der Waals surface area contributed by atoms with Gasteiger partial charge in [-0.3, -0.25) is 4.79 Å². The molecular formula is C21H28ClN3O3. The number of amides is 1. The second-order valence-electron chi connectivity index (χ2n) is 6.68. The minimum atomic E-state index is -0.598. The summed E-state index contributed by atoms with van der Waals surface area (Å²) in [6.45, 7) is 11.3. The summed E-state index contributed by atoms with van der Waals surface area (Å²) in [5.41, 5.74) is 9.06. The van der Waals surface area contributed by atoms with E-state index in [1.54, 1.807) is 0 Å². The van der Waals surface area contributed by atoms with Gasteiger partial charge in [-0.1, -0.05) is 18.5 Å². The standard InChI is InChI=1S/C21H28ClN3O3/c1-6-8-25(12-27-7-2)17-11-15(5)24-21(18(17)20(23)26)28-19-13(3)9-16(22)10-14(19)4/h9-11H,6-8,12H2,1-5H3,(H2,23,26). The smallest absolute Gasteiger partial charge is 0.256 e. The molecule has 0 radical (unpaired) electrons. The molecule has 2 N–H and O–H groups in total. The number of nitrogens with two attached hydrogens (primary N) is 1. The summed E-state index contributed by atoms with van der Waals surface area (Å²) < 4.78 is 11.7. The highest BCUT2D eigenvalue weighted by atomic mass is 35.5. The molecule has 28 heavy (non-hydrogen) atoms. The maximum Gasteiger partial charge on any atom is 0.256 e.